The molecule has 3 heteroatoms. The number of hydrogen-bond donors (Lipinski definition) is 1. The van der Waals surface area contributed by atoms with Gasteiger partial charge in [0.1, 0.15) is 5.82 Å². The number of halogens is 1. The monoisotopic (exact) mass is 194 g/mol. The molecule has 0 radical (unpaired) electrons. The van der Waals surface area contributed by atoms with E-state index in [1.54, 1.807) is 0 Å². The van der Waals surface area contributed by atoms with Crippen molar-refractivity contribution in [1.29, 1.82) is 0 Å². The molecule has 1 unspecified atom stereocenters. The van der Waals surface area contributed by atoms with Gasteiger partial charge in [0.25, 0.3) is 0 Å². The van der Waals surface area contributed by atoms with Crippen molar-refractivity contribution in [3.05, 3.63) is 30.1 Å². The SMILES string of the molecule is CC1CNCCN1c1ccc(F)cc1. The maximum Gasteiger partial charge on any atom is 0.123 e. The summed E-state index contributed by atoms with van der Waals surface area (Å²) in [4.78, 5) is 2.30. The fourth-order valence-electron chi connectivity index (χ4n) is 1.86. The predicted octanol–water partition coefficient (Wildman–Crippen LogP) is 1.62. The Hall–Kier alpha value is -1.09. The van der Waals surface area contributed by atoms with E-state index in [0.29, 0.717) is 6.04 Å². The molecule has 1 aliphatic heterocycles. The number of nitrogens with zero attached hydrogens (tertiary/aromatic N) is 1. The Morgan fingerprint density at radius 3 is 2.71 bits per heavy atom. The second-order valence-electron chi connectivity index (χ2n) is 3.72. The van der Waals surface area contributed by atoms with Gasteiger partial charge in [-0.1, -0.05) is 0 Å². The third-order valence-corrected chi connectivity index (χ3v) is 2.66. The first kappa shape index (κ1) is 9.46. The van der Waals surface area contributed by atoms with Gasteiger partial charge in [-0.25, -0.2) is 4.39 Å². The lowest BCUT2D eigenvalue weighted by Crippen LogP contribution is -2.49. The van der Waals surface area contributed by atoms with E-state index in [0.717, 1.165) is 25.3 Å². The van der Waals surface area contributed by atoms with Crippen LogP contribution in [-0.2, 0) is 0 Å². The molecule has 0 bridgehead atoms. The molecular weight excluding hydrogens is 179 g/mol. The van der Waals surface area contributed by atoms with Gasteiger partial charge < -0.3 is 10.2 Å². The van der Waals surface area contributed by atoms with Crippen molar-refractivity contribution in [2.45, 2.75) is 13.0 Å². The number of anilines is 1. The molecule has 0 amide bonds. The van der Waals surface area contributed by atoms with Crippen molar-refractivity contribution in [1.82, 2.24) is 5.32 Å². The van der Waals surface area contributed by atoms with E-state index in [-0.39, 0.29) is 5.82 Å². The van der Waals surface area contributed by atoms with E-state index in [9.17, 15) is 4.39 Å². The van der Waals surface area contributed by atoms with E-state index in [1.165, 1.54) is 12.1 Å². The molecule has 76 valence electrons. The fraction of sp³-hybridized carbons (Fsp3) is 0.455. The lowest BCUT2D eigenvalue weighted by atomic mass is 10.2. The molecule has 0 aromatic heterocycles. The molecule has 1 atom stereocenters. The third-order valence-electron chi connectivity index (χ3n) is 2.66. The summed E-state index contributed by atoms with van der Waals surface area (Å²) in [5.74, 6) is -0.170. The zero-order chi connectivity index (χ0) is 9.97. The van der Waals surface area contributed by atoms with Crippen LogP contribution in [0, 0.1) is 5.82 Å². The van der Waals surface area contributed by atoms with E-state index >= 15 is 0 Å². The van der Waals surface area contributed by atoms with Crippen molar-refractivity contribution in [3.8, 4) is 0 Å². The second-order valence-corrected chi connectivity index (χ2v) is 3.72. The largest absolute Gasteiger partial charge is 0.366 e. The first-order valence-electron chi connectivity index (χ1n) is 5.00. The average Bonchev–Trinajstić information content (AvgIpc) is 2.20. The summed E-state index contributed by atoms with van der Waals surface area (Å²) in [6.45, 7) is 5.17. The van der Waals surface area contributed by atoms with E-state index in [1.807, 2.05) is 12.1 Å². The molecule has 0 spiro atoms. The number of nitrogens with one attached hydrogen (secondary N) is 1. The Morgan fingerprint density at radius 1 is 1.36 bits per heavy atom. The molecule has 1 heterocycles. The number of piperazine rings is 1. The van der Waals surface area contributed by atoms with Gasteiger partial charge in [0.2, 0.25) is 0 Å². The molecule has 2 nitrogen and oxygen atoms in total. The lowest BCUT2D eigenvalue weighted by Gasteiger charge is -2.35. The molecule has 0 aliphatic carbocycles. The summed E-state index contributed by atoms with van der Waals surface area (Å²) in [5.41, 5.74) is 1.11. The van der Waals surface area contributed by atoms with Crippen LogP contribution >= 0.6 is 0 Å². The summed E-state index contributed by atoms with van der Waals surface area (Å²) in [6, 6.07) is 7.21. The highest BCUT2D eigenvalue weighted by Gasteiger charge is 2.17. The van der Waals surface area contributed by atoms with Gasteiger partial charge in [0.15, 0.2) is 0 Å². The lowest BCUT2D eigenvalue weighted by molar-refractivity contribution is 0.500. The van der Waals surface area contributed by atoms with Gasteiger partial charge in [-0.2, -0.15) is 0 Å². The standard InChI is InChI=1S/C11H15FN2/c1-9-8-13-6-7-14(9)11-4-2-10(12)3-5-11/h2-5,9,13H,6-8H2,1H3. The Bertz CT molecular complexity index is 297. The van der Waals surface area contributed by atoms with Crippen LogP contribution in [0.3, 0.4) is 0 Å². The third kappa shape index (κ3) is 1.87. The van der Waals surface area contributed by atoms with Crippen molar-refractivity contribution < 1.29 is 4.39 Å². The fourth-order valence-corrected chi connectivity index (χ4v) is 1.86. The molecule has 1 aliphatic rings. The smallest absolute Gasteiger partial charge is 0.123 e. The van der Waals surface area contributed by atoms with Gasteiger partial charge in [-0.15, -0.1) is 0 Å². The highest BCUT2D eigenvalue weighted by Crippen LogP contribution is 2.18. The van der Waals surface area contributed by atoms with Gasteiger partial charge in [-0.3, -0.25) is 0 Å². The van der Waals surface area contributed by atoms with Crippen LogP contribution in [0.4, 0.5) is 10.1 Å². The molecule has 0 saturated carbocycles. The van der Waals surface area contributed by atoms with Gasteiger partial charge >= 0.3 is 0 Å². The highest BCUT2D eigenvalue weighted by atomic mass is 19.1. The molecule has 1 aromatic rings. The Labute approximate surface area is 83.7 Å². The first-order chi connectivity index (χ1) is 6.77. The Kier molecular flexibility index (Phi) is 2.68. The number of benzene rings is 1. The van der Waals surface area contributed by atoms with Crippen LogP contribution in [0.25, 0.3) is 0 Å². The van der Waals surface area contributed by atoms with E-state index in [2.05, 4.69) is 17.1 Å². The van der Waals surface area contributed by atoms with E-state index < -0.39 is 0 Å². The maximum atomic E-state index is 12.7. The topological polar surface area (TPSA) is 15.3 Å². The van der Waals surface area contributed by atoms with Gasteiger partial charge in [-0.05, 0) is 31.2 Å². The minimum absolute atomic E-state index is 0.170. The second kappa shape index (κ2) is 3.96. The maximum absolute atomic E-state index is 12.7. The summed E-state index contributed by atoms with van der Waals surface area (Å²) in [7, 11) is 0. The zero-order valence-electron chi connectivity index (χ0n) is 8.33. The number of hydrogen-bond acceptors (Lipinski definition) is 2. The van der Waals surface area contributed by atoms with Crippen LogP contribution in [0.15, 0.2) is 24.3 Å². The van der Waals surface area contributed by atoms with E-state index in [4.69, 9.17) is 0 Å². The van der Waals surface area contributed by atoms with Gasteiger partial charge in [0, 0.05) is 31.4 Å². The van der Waals surface area contributed by atoms with Crippen molar-refractivity contribution in [2.24, 2.45) is 0 Å². The predicted molar refractivity (Wildman–Crippen MR) is 56.1 cm³/mol. The van der Waals surface area contributed by atoms with Crippen molar-refractivity contribution in [2.75, 3.05) is 24.5 Å². The molecule has 1 N–H and O–H groups in total. The normalized spacial score (nSPS) is 22.4. The minimum Gasteiger partial charge on any atom is -0.366 e. The number of rotatable bonds is 1. The summed E-state index contributed by atoms with van der Waals surface area (Å²) >= 11 is 0. The van der Waals surface area contributed by atoms with Crippen LogP contribution in [0.2, 0.25) is 0 Å². The summed E-state index contributed by atoms with van der Waals surface area (Å²) in [5, 5.41) is 3.33. The molecule has 14 heavy (non-hydrogen) atoms. The van der Waals surface area contributed by atoms with Crippen molar-refractivity contribution in [3.63, 3.8) is 0 Å². The molecule has 1 fully saturated rings. The molecule has 2 rings (SSSR count). The van der Waals surface area contributed by atoms with Crippen LogP contribution in [-0.4, -0.2) is 25.7 Å². The van der Waals surface area contributed by atoms with Crippen LogP contribution in [0.1, 0.15) is 6.92 Å². The average molecular weight is 194 g/mol. The molecule has 1 saturated heterocycles. The van der Waals surface area contributed by atoms with Gasteiger partial charge in [0.05, 0.1) is 0 Å². The van der Waals surface area contributed by atoms with Crippen LogP contribution in [0.5, 0.6) is 0 Å². The minimum atomic E-state index is -0.170. The van der Waals surface area contributed by atoms with Crippen LogP contribution < -0.4 is 10.2 Å². The highest BCUT2D eigenvalue weighted by molar-refractivity contribution is 5.47. The zero-order valence-corrected chi connectivity index (χ0v) is 8.33. The molecule has 1 aromatic carbocycles. The Morgan fingerprint density at radius 2 is 2.07 bits per heavy atom. The first-order valence-corrected chi connectivity index (χ1v) is 5.00. The quantitative estimate of drug-likeness (QED) is 0.731. The van der Waals surface area contributed by atoms with Crippen molar-refractivity contribution >= 4 is 5.69 Å². The Balaban J connectivity index is 2.16. The molecular formula is C11H15FN2. The summed E-state index contributed by atoms with van der Waals surface area (Å²) < 4.78 is 12.7. The summed E-state index contributed by atoms with van der Waals surface area (Å²) in [6.07, 6.45) is 0.